The van der Waals surface area contributed by atoms with Gasteiger partial charge in [-0.1, -0.05) is 0 Å². The van der Waals surface area contributed by atoms with Gasteiger partial charge in [-0.25, -0.2) is 18.6 Å². The van der Waals surface area contributed by atoms with Gasteiger partial charge in [0.15, 0.2) is 5.69 Å². The number of nitrogens with zero attached hydrogens (tertiary/aromatic N) is 1. The van der Waals surface area contributed by atoms with Crippen LogP contribution >= 0.6 is 0 Å². The average Bonchev–Trinajstić information content (AvgIpc) is 2.16. The van der Waals surface area contributed by atoms with E-state index in [-0.39, 0.29) is 17.9 Å². The maximum Gasteiger partial charge on any atom is 0.357 e. The maximum atomic E-state index is 13.2. The first-order valence-electron chi connectivity index (χ1n) is 4.59. The lowest BCUT2D eigenvalue weighted by molar-refractivity contribution is 0.0516. The summed E-state index contributed by atoms with van der Waals surface area (Å²) in [6.07, 6.45) is -2.95. The summed E-state index contributed by atoms with van der Waals surface area (Å²) in [5, 5.41) is 0. The molecule has 6 heteroatoms. The zero-order valence-electron chi connectivity index (χ0n) is 8.76. The quantitative estimate of drug-likeness (QED) is 0.595. The molecule has 0 radical (unpaired) electrons. The first kappa shape index (κ1) is 12.5. The second-order valence-corrected chi connectivity index (χ2v) is 3.05. The van der Waals surface area contributed by atoms with E-state index in [0.717, 1.165) is 6.07 Å². The molecule has 0 N–H and O–H groups in total. The van der Waals surface area contributed by atoms with Crippen molar-refractivity contribution in [2.45, 2.75) is 20.3 Å². The second-order valence-electron chi connectivity index (χ2n) is 3.05. The lowest BCUT2D eigenvalue weighted by atomic mass is 10.1. The topological polar surface area (TPSA) is 39.2 Å². The van der Waals surface area contributed by atoms with E-state index in [2.05, 4.69) is 9.72 Å². The molecule has 0 amide bonds. The molecule has 0 fully saturated rings. The smallest absolute Gasteiger partial charge is 0.357 e. The Morgan fingerprint density at radius 2 is 2.19 bits per heavy atom. The van der Waals surface area contributed by atoms with Crippen LogP contribution in [0.4, 0.5) is 13.2 Å². The van der Waals surface area contributed by atoms with E-state index >= 15 is 0 Å². The molecule has 3 nitrogen and oxygen atoms in total. The number of hydrogen-bond acceptors (Lipinski definition) is 3. The van der Waals surface area contributed by atoms with Crippen LogP contribution in [-0.2, 0) is 4.74 Å². The third kappa shape index (κ3) is 2.50. The highest BCUT2D eigenvalue weighted by Crippen LogP contribution is 2.25. The van der Waals surface area contributed by atoms with Gasteiger partial charge in [-0.3, -0.25) is 0 Å². The molecular formula is C10H10F3NO2. The van der Waals surface area contributed by atoms with E-state index in [1.54, 1.807) is 6.92 Å². The van der Waals surface area contributed by atoms with Crippen LogP contribution in [0.5, 0.6) is 0 Å². The van der Waals surface area contributed by atoms with E-state index in [0.29, 0.717) is 0 Å². The number of halogens is 3. The van der Waals surface area contributed by atoms with Crippen molar-refractivity contribution in [2.24, 2.45) is 0 Å². The monoisotopic (exact) mass is 233 g/mol. The highest BCUT2D eigenvalue weighted by atomic mass is 19.3. The van der Waals surface area contributed by atoms with Gasteiger partial charge >= 0.3 is 5.97 Å². The Morgan fingerprint density at radius 1 is 1.56 bits per heavy atom. The minimum absolute atomic E-state index is 0.0226. The van der Waals surface area contributed by atoms with Crippen molar-refractivity contribution in [3.8, 4) is 0 Å². The van der Waals surface area contributed by atoms with Crippen molar-refractivity contribution in [3.05, 3.63) is 28.8 Å². The summed E-state index contributed by atoms with van der Waals surface area (Å²) in [5.41, 5.74) is -1.11. The van der Waals surface area contributed by atoms with Gasteiger partial charge in [0.2, 0.25) is 5.95 Å². The lowest BCUT2D eigenvalue weighted by Crippen LogP contribution is -2.11. The van der Waals surface area contributed by atoms with Crippen molar-refractivity contribution in [1.29, 1.82) is 0 Å². The molecule has 0 saturated heterocycles. The molecule has 16 heavy (non-hydrogen) atoms. The molecule has 0 aliphatic heterocycles. The Hall–Kier alpha value is -1.59. The van der Waals surface area contributed by atoms with Crippen molar-refractivity contribution in [2.75, 3.05) is 6.61 Å². The molecule has 0 aliphatic carbocycles. The molecule has 0 atom stereocenters. The Labute approximate surface area is 90.2 Å². The number of ether oxygens (including phenoxy) is 1. The summed E-state index contributed by atoms with van der Waals surface area (Å²) < 4.78 is 42.5. The van der Waals surface area contributed by atoms with Crippen LogP contribution < -0.4 is 0 Å². The number of pyridine rings is 1. The van der Waals surface area contributed by atoms with Crippen LogP contribution in [0.1, 0.15) is 35.0 Å². The fourth-order valence-corrected chi connectivity index (χ4v) is 1.22. The minimum atomic E-state index is -2.95. The van der Waals surface area contributed by atoms with Crippen LogP contribution in [0.25, 0.3) is 0 Å². The number of carbonyl (C=O) groups is 1. The molecule has 0 aliphatic rings. The molecule has 0 saturated carbocycles. The standard InChI is InChI=1S/C10H10F3NO2/c1-3-16-10(15)6-4-5(2)7(8(11)12)9(13)14-6/h4,8H,3H2,1-2H3. The number of aryl methyl sites for hydroxylation is 1. The van der Waals surface area contributed by atoms with E-state index in [4.69, 9.17) is 0 Å². The normalized spacial score (nSPS) is 10.6. The predicted molar refractivity (Wildman–Crippen MR) is 49.8 cm³/mol. The third-order valence-corrected chi connectivity index (χ3v) is 1.92. The van der Waals surface area contributed by atoms with Gasteiger partial charge in [0.1, 0.15) is 0 Å². The average molecular weight is 233 g/mol. The van der Waals surface area contributed by atoms with Crippen molar-refractivity contribution < 1.29 is 22.7 Å². The van der Waals surface area contributed by atoms with Gasteiger partial charge < -0.3 is 4.74 Å². The SMILES string of the molecule is CCOC(=O)c1cc(C)c(C(F)F)c(F)n1. The van der Waals surface area contributed by atoms with Crippen LogP contribution in [0, 0.1) is 12.9 Å². The van der Waals surface area contributed by atoms with Crippen LogP contribution in [0.2, 0.25) is 0 Å². The third-order valence-electron chi connectivity index (χ3n) is 1.92. The Morgan fingerprint density at radius 3 is 2.62 bits per heavy atom. The van der Waals surface area contributed by atoms with Crippen LogP contribution in [0.3, 0.4) is 0 Å². The van der Waals surface area contributed by atoms with Crippen LogP contribution in [-0.4, -0.2) is 17.6 Å². The molecule has 88 valence electrons. The van der Waals surface area contributed by atoms with Gasteiger partial charge in [-0.15, -0.1) is 0 Å². The molecule has 1 heterocycles. The highest BCUT2D eigenvalue weighted by molar-refractivity contribution is 5.87. The minimum Gasteiger partial charge on any atom is -0.461 e. The Balaban J connectivity index is 3.14. The van der Waals surface area contributed by atoms with Gasteiger partial charge in [-0.05, 0) is 25.5 Å². The Kier molecular flexibility index (Phi) is 3.87. The second kappa shape index (κ2) is 4.96. The summed E-state index contributed by atoms with van der Waals surface area (Å²) in [7, 11) is 0. The summed E-state index contributed by atoms with van der Waals surface area (Å²) in [5.74, 6) is -2.16. The summed E-state index contributed by atoms with van der Waals surface area (Å²) in [6, 6.07) is 1.09. The van der Waals surface area contributed by atoms with Crippen LogP contribution in [0.15, 0.2) is 6.07 Å². The van der Waals surface area contributed by atoms with Gasteiger partial charge in [0.25, 0.3) is 6.43 Å². The molecule has 1 rings (SSSR count). The largest absolute Gasteiger partial charge is 0.461 e. The number of esters is 1. The molecule has 0 bridgehead atoms. The molecule has 0 aromatic carbocycles. The number of aromatic nitrogens is 1. The maximum absolute atomic E-state index is 13.2. The molecule has 1 aromatic heterocycles. The van der Waals surface area contributed by atoms with Crippen molar-refractivity contribution in [1.82, 2.24) is 4.98 Å². The Bertz CT molecular complexity index is 384. The zero-order chi connectivity index (χ0) is 12.3. The molecular weight excluding hydrogens is 223 g/mol. The highest BCUT2D eigenvalue weighted by Gasteiger charge is 2.21. The first-order valence-corrected chi connectivity index (χ1v) is 4.59. The van der Waals surface area contributed by atoms with E-state index in [1.165, 1.54) is 6.92 Å². The molecule has 0 spiro atoms. The van der Waals surface area contributed by atoms with E-state index in [1.807, 2.05) is 0 Å². The predicted octanol–water partition coefficient (Wildman–Crippen LogP) is 2.64. The van der Waals surface area contributed by atoms with Gasteiger partial charge in [0.05, 0.1) is 12.2 Å². The fourth-order valence-electron chi connectivity index (χ4n) is 1.22. The van der Waals surface area contributed by atoms with Gasteiger partial charge in [0, 0.05) is 0 Å². The van der Waals surface area contributed by atoms with E-state index in [9.17, 15) is 18.0 Å². The first-order chi connectivity index (χ1) is 7.47. The number of hydrogen-bond donors (Lipinski definition) is 0. The summed E-state index contributed by atoms with van der Waals surface area (Å²) >= 11 is 0. The van der Waals surface area contributed by atoms with E-state index < -0.39 is 23.9 Å². The molecule has 0 unspecified atom stereocenters. The number of rotatable bonds is 3. The number of carbonyl (C=O) groups excluding carboxylic acids is 1. The van der Waals surface area contributed by atoms with Crippen molar-refractivity contribution in [3.63, 3.8) is 0 Å². The summed E-state index contributed by atoms with van der Waals surface area (Å²) in [6.45, 7) is 2.97. The number of alkyl halides is 2. The van der Waals surface area contributed by atoms with Crippen molar-refractivity contribution >= 4 is 5.97 Å². The van der Waals surface area contributed by atoms with Gasteiger partial charge in [-0.2, -0.15) is 4.39 Å². The molecule has 1 aromatic rings. The zero-order valence-corrected chi connectivity index (χ0v) is 8.76. The lowest BCUT2D eigenvalue weighted by Gasteiger charge is -2.07. The summed E-state index contributed by atoms with van der Waals surface area (Å²) in [4.78, 5) is 14.3. The fraction of sp³-hybridized carbons (Fsp3) is 0.400.